The van der Waals surface area contributed by atoms with E-state index in [1.165, 1.54) is 7.11 Å². The summed E-state index contributed by atoms with van der Waals surface area (Å²) in [4.78, 5) is 78.5. The maximum absolute atomic E-state index is 16.5. The summed E-state index contributed by atoms with van der Waals surface area (Å²) in [5.74, 6) is 0.982. The lowest BCUT2D eigenvalue weighted by atomic mass is 9.65. The molecule has 8 unspecified atom stereocenters. The number of cyclic esters (lactones) is 1. The number of fused-ring (bicyclic) bond motifs is 3. The van der Waals surface area contributed by atoms with Gasteiger partial charge in [-0.15, -0.1) is 0 Å². The van der Waals surface area contributed by atoms with Gasteiger partial charge in [0.25, 0.3) is 0 Å². The molecule has 2 fully saturated rings. The van der Waals surface area contributed by atoms with Crippen LogP contribution in [-0.4, -0.2) is 95.6 Å². The number of aliphatic hydroxyl groups excluding tert-OH is 3. The fraction of sp³-hybridized carbons (Fsp3) is 0.315. The monoisotopic (exact) mass is 934 g/mol. The van der Waals surface area contributed by atoms with Crippen molar-refractivity contribution in [3.63, 3.8) is 0 Å². The second-order valence-corrected chi connectivity index (χ2v) is 17.4. The number of rotatable bonds is 14. The number of hydrogen-bond donors (Lipinski definition) is 5. The second kappa shape index (κ2) is 20.9. The number of nitrogens with one attached hydrogen (secondary N) is 2. The van der Waals surface area contributed by atoms with Crippen LogP contribution in [0.1, 0.15) is 77.9 Å². The van der Waals surface area contributed by atoms with Crippen LogP contribution in [0.5, 0.6) is 5.75 Å². The fourth-order valence-electron chi connectivity index (χ4n) is 10.0. The van der Waals surface area contributed by atoms with Crippen molar-refractivity contribution in [2.45, 2.75) is 62.1 Å². The molecule has 69 heavy (non-hydrogen) atoms. The molecule has 3 aliphatic heterocycles. The number of nitrogens with zero attached hydrogens (tertiary/aromatic N) is 2. The smallest absolute Gasteiger partial charge is 0.329 e. The normalized spacial score (nSPS) is 22.4. The molecule has 3 heterocycles. The van der Waals surface area contributed by atoms with Gasteiger partial charge in [0.1, 0.15) is 36.0 Å². The molecule has 0 aromatic heterocycles. The Morgan fingerprint density at radius 3 is 2.09 bits per heavy atom. The minimum absolute atomic E-state index is 0.00234. The van der Waals surface area contributed by atoms with Crippen molar-refractivity contribution >= 4 is 35.5 Å². The molecule has 8 rings (SSSR count). The molecule has 1 spiro atoms. The number of carbonyl (C=O) groups is 5. The molecule has 2 saturated heterocycles. The zero-order valence-electron chi connectivity index (χ0n) is 38.4. The van der Waals surface area contributed by atoms with Gasteiger partial charge in [-0.3, -0.25) is 19.3 Å². The van der Waals surface area contributed by atoms with Gasteiger partial charge in [-0.1, -0.05) is 129 Å². The lowest BCUT2D eigenvalue weighted by Crippen LogP contribution is -2.58. The summed E-state index contributed by atoms with van der Waals surface area (Å²) in [7, 11) is 1.19. The van der Waals surface area contributed by atoms with E-state index in [1.807, 2.05) is 65.6 Å². The average molecular weight is 935 g/mol. The molecule has 4 amide bonds. The van der Waals surface area contributed by atoms with Crippen molar-refractivity contribution in [1.82, 2.24) is 15.5 Å². The van der Waals surface area contributed by atoms with Crippen LogP contribution in [0.25, 0.3) is 0 Å². The maximum atomic E-state index is 16.5. The quantitative estimate of drug-likeness (QED) is 0.0720. The van der Waals surface area contributed by atoms with Crippen molar-refractivity contribution in [3.05, 3.63) is 167 Å². The molecule has 0 radical (unpaired) electrons. The van der Waals surface area contributed by atoms with Gasteiger partial charge in [-0.05, 0) is 64.1 Å². The first-order chi connectivity index (χ1) is 33.5. The van der Waals surface area contributed by atoms with Gasteiger partial charge in [-0.2, -0.15) is 0 Å². The molecule has 15 nitrogen and oxygen atoms in total. The van der Waals surface area contributed by atoms with Crippen LogP contribution in [0, 0.1) is 23.7 Å². The summed E-state index contributed by atoms with van der Waals surface area (Å²) in [5.41, 5.74) is 0.744. The van der Waals surface area contributed by atoms with Crippen molar-refractivity contribution in [1.29, 1.82) is 0 Å². The van der Waals surface area contributed by atoms with Crippen LogP contribution in [0.15, 0.2) is 133 Å². The highest BCUT2D eigenvalue weighted by Crippen LogP contribution is 2.66. The van der Waals surface area contributed by atoms with Crippen molar-refractivity contribution in [2.75, 3.05) is 38.4 Å². The van der Waals surface area contributed by atoms with Crippen LogP contribution >= 0.6 is 0 Å². The third-order valence-corrected chi connectivity index (χ3v) is 13.0. The topological polar surface area (TPSA) is 204 Å². The Balaban J connectivity index is 1.43. The highest BCUT2D eigenvalue weighted by atomic mass is 16.6. The highest BCUT2D eigenvalue weighted by molar-refractivity contribution is 6.25. The van der Waals surface area contributed by atoms with Crippen molar-refractivity contribution in [2.24, 2.45) is 11.8 Å². The van der Waals surface area contributed by atoms with Gasteiger partial charge in [0.15, 0.2) is 0 Å². The Hall–Kier alpha value is -7.35. The molecule has 0 bridgehead atoms. The number of carbonyl (C=O) groups excluding carboxylic acids is 5. The molecule has 3 aliphatic rings. The first-order valence-corrected chi connectivity index (χ1v) is 22.8. The first-order valence-electron chi connectivity index (χ1n) is 22.8. The zero-order chi connectivity index (χ0) is 48.8. The van der Waals surface area contributed by atoms with E-state index < -0.39 is 83.4 Å². The molecule has 5 N–H and O–H groups in total. The number of anilines is 1. The third-order valence-electron chi connectivity index (χ3n) is 13.0. The fourth-order valence-corrected chi connectivity index (χ4v) is 10.0. The van der Waals surface area contributed by atoms with Gasteiger partial charge in [0, 0.05) is 18.5 Å². The van der Waals surface area contributed by atoms with Crippen molar-refractivity contribution < 1.29 is 53.5 Å². The summed E-state index contributed by atoms with van der Waals surface area (Å²) in [6.07, 6.45) is -2.05. The predicted molar refractivity (Wildman–Crippen MR) is 253 cm³/mol. The predicted octanol–water partition coefficient (Wildman–Crippen LogP) is 5.21. The summed E-state index contributed by atoms with van der Waals surface area (Å²) in [6.45, 7) is 2.63. The number of esters is 2. The number of aliphatic hydroxyl groups is 3. The lowest BCUT2D eigenvalue weighted by molar-refractivity contribution is -0.178. The maximum Gasteiger partial charge on any atom is 0.329 e. The molecule has 5 aromatic rings. The number of amides is 4. The van der Waals surface area contributed by atoms with Crippen LogP contribution in [0.3, 0.4) is 0 Å². The van der Waals surface area contributed by atoms with E-state index in [2.05, 4.69) is 22.5 Å². The van der Waals surface area contributed by atoms with Gasteiger partial charge >= 0.3 is 18.0 Å². The molecule has 0 aliphatic carbocycles. The number of ether oxygens (including phenoxy) is 3. The van der Waals surface area contributed by atoms with Gasteiger partial charge < -0.3 is 40.2 Å². The van der Waals surface area contributed by atoms with Gasteiger partial charge in [0.05, 0.1) is 50.1 Å². The van der Waals surface area contributed by atoms with Crippen molar-refractivity contribution in [3.8, 4) is 17.6 Å². The second-order valence-electron chi connectivity index (χ2n) is 17.4. The number of imide groups is 1. The Morgan fingerprint density at radius 2 is 1.46 bits per heavy atom. The lowest BCUT2D eigenvalue weighted by Gasteiger charge is -2.46. The minimum atomic E-state index is -2.17. The molecule has 5 aromatic carbocycles. The zero-order valence-corrected chi connectivity index (χ0v) is 38.4. The van der Waals surface area contributed by atoms with E-state index in [0.717, 1.165) is 4.90 Å². The van der Waals surface area contributed by atoms with Crippen LogP contribution in [0.4, 0.5) is 10.5 Å². The Kier molecular flexibility index (Phi) is 14.6. The van der Waals surface area contributed by atoms with Crippen LogP contribution in [0.2, 0.25) is 0 Å². The molecule has 15 heteroatoms. The van der Waals surface area contributed by atoms with Crippen LogP contribution in [-0.2, 0) is 34.1 Å². The number of morpholine rings is 1. The third kappa shape index (κ3) is 9.07. The first kappa shape index (κ1) is 48.1. The summed E-state index contributed by atoms with van der Waals surface area (Å²) < 4.78 is 17.4. The number of benzene rings is 5. The van der Waals surface area contributed by atoms with E-state index in [9.17, 15) is 24.9 Å². The van der Waals surface area contributed by atoms with E-state index in [1.54, 1.807) is 86.6 Å². The Bertz CT molecular complexity index is 2730. The Morgan fingerprint density at radius 1 is 0.812 bits per heavy atom. The molecule has 8 atom stereocenters. The van der Waals surface area contributed by atoms with E-state index in [0.29, 0.717) is 33.6 Å². The molecule has 356 valence electrons. The molecule has 0 saturated carbocycles. The van der Waals surface area contributed by atoms with E-state index in [-0.39, 0.29) is 44.0 Å². The Labute approximate surface area is 400 Å². The average Bonchev–Trinajstić information content (AvgIpc) is 3.83. The summed E-state index contributed by atoms with van der Waals surface area (Å²) in [6, 6.07) is 32.9. The SMILES string of the molecule is COC(=O)C(NC(=O)N1C(=O)C2(c3cc(C#CCCO)ccc31)C(C(=O)NCC(O)c1ccccc1)C1C(=O)OC(c3ccccc3)C(c3ccccc3)N1C2c1ccc(OCCO)cc1)C(C)C. The highest BCUT2D eigenvalue weighted by Gasteiger charge is 2.75. The molecular weight excluding hydrogens is 881 g/mol. The van der Waals surface area contributed by atoms with E-state index >= 15 is 14.4 Å². The van der Waals surface area contributed by atoms with Gasteiger partial charge in [-0.25, -0.2) is 14.5 Å². The largest absolute Gasteiger partial charge is 0.491 e. The van der Waals surface area contributed by atoms with Crippen LogP contribution < -0.4 is 20.3 Å². The van der Waals surface area contributed by atoms with Gasteiger partial charge in [0.2, 0.25) is 11.8 Å². The number of urea groups is 1. The summed E-state index contributed by atoms with van der Waals surface area (Å²) >= 11 is 0. The number of methoxy groups -OCH3 is 1. The minimum Gasteiger partial charge on any atom is -0.491 e. The standard InChI is InChI=1S/C54H54N4O11/c1-33(2)44(50(63)67-3)56-53(66)57-41-27-22-34(15-13-14-28-59)31-40(41)54(52(57)65)43(49(62)55-32-42(61)35-16-7-4-8-17-35)46-51(64)69-47(37-20-11-6-12-21-37)45(36-18-9-5-10-19-36)58(46)48(54)38-23-25-39(26-24-38)68-30-29-60/h4-12,16-27,31,33,42-48,59-61H,14,28-30,32H2,1-3H3,(H,55,62)(H,56,66). The number of hydrogen-bond acceptors (Lipinski definition) is 12. The molecular formula is C54H54N4O11. The summed E-state index contributed by atoms with van der Waals surface area (Å²) in [5, 5.41) is 36.3. The van der Waals surface area contributed by atoms with E-state index in [4.69, 9.17) is 14.2 Å².